The van der Waals surface area contributed by atoms with Gasteiger partial charge in [0.1, 0.15) is 0 Å². The van der Waals surface area contributed by atoms with Crippen LogP contribution in [0.4, 0.5) is 0 Å². The molecule has 2 aliphatic heterocycles. The van der Waals surface area contributed by atoms with Gasteiger partial charge in [0.15, 0.2) is 11.5 Å². The van der Waals surface area contributed by atoms with E-state index in [2.05, 4.69) is 16.0 Å². The Bertz CT molecular complexity index is 1070. The number of sulfone groups is 1. The number of phenolic OH excluding ortho intramolecular Hbond substituents is 1. The number of hydrogen-bond donors (Lipinski definition) is 4. The number of aromatic hydroxyl groups is 1. The Balaban J connectivity index is 1.36. The van der Waals surface area contributed by atoms with Gasteiger partial charge in [0.05, 0.1) is 22.4 Å². The predicted octanol–water partition coefficient (Wildman–Crippen LogP) is 1.97. The molecule has 2 saturated heterocycles. The molecular weight excluding hydrogens is 442 g/mol. The van der Waals surface area contributed by atoms with Crippen molar-refractivity contribution in [3.05, 3.63) is 48.0 Å². The average molecular weight is 474 g/mol. The van der Waals surface area contributed by atoms with Gasteiger partial charge in [0.2, 0.25) is 15.7 Å². The van der Waals surface area contributed by atoms with Crippen molar-refractivity contribution in [1.29, 1.82) is 0 Å². The molecular formula is C24H31N3O5S. The van der Waals surface area contributed by atoms with E-state index in [4.69, 9.17) is 4.74 Å². The van der Waals surface area contributed by atoms with E-state index in [9.17, 15) is 18.3 Å². The monoisotopic (exact) mass is 473 g/mol. The van der Waals surface area contributed by atoms with E-state index >= 15 is 0 Å². The summed E-state index contributed by atoms with van der Waals surface area (Å²) in [5, 5.41) is 19.9. The third kappa shape index (κ3) is 5.31. The van der Waals surface area contributed by atoms with Crippen LogP contribution in [0.1, 0.15) is 31.7 Å². The Kier molecular flexibility index (Phi) is 7.21. The topological polar surface area (TPSA) is 117 Å². The highest BCUT2D eigenvalue weighted by atomic mass is 32.2. The number of fused-ring (bicyclic) bond motifs is 1. The van der Waals surface area contributed by atoms with Gasteiger partial charge in [-0.1, -0.05) is 19.1 Å². The van der Waals surface area contributed by atoms with Gasteiger partial charge in [-0.05, 0) is 68.1 Å². The van der Waals surface area contributed by atoms with Crippen LogP contribution in [-0.4, -0.2) is 51.2 Å². The number of phenols is 1. The number of amides is 1. The lowest BCUT2D eigenvalue weighted by Gasteiger charge is -2.25. The van der Waals surface area contributed by atoms with Crippen LogP contribution in [0.15, 0.2) is 52.3 Å². The van der Waals surface area contributed by atoms with E-state index in [0.717, 1.165) is 37.9 Å². The Morgan fingerprint density at radius 2 is 1.94 bits per heavy atom. The Hall–Kier alpha value is -2.62. The minimum Gasteiger partial charge on any atom is -0.504 e. The summed E-state index contributed by atoms with van der Waals surface area (Å²) in [6.07, 6.45) is 2.65. The van der Waals surface area contributed by atoms with Gasteiger partial charge in [0.25, 0.3) is 0 Å². The molecule has 0 aromatic heterocycles. The van der Waals surface area contributed by atoms with Gasteiger partial charge in [-0.25, -0.2) is 8.42 Å². The number of nitrogens with one attached hydrogen (secondary N) is 3. The molecule has 0 bridgehead atoms. The average Bonchev–Trinajstić information content (AvgIpc) is 3.26. The maximum atomic E-state index is 13.0. The molecule has 4 rings (SSSR count). The molecule has 3 unspecified atom stereocenters. The third-order valence-corrected chi connectivity index (χ3v) is 8.05. The number of benzene rings is 2. The smallest absolute Gasteiger partial charge is 0.237 e. The van der Waals surface area contributed by atoms with Gasteiger partial charge < -0.3 is 25.8 Å². The summed E-state index contributed by atoms with van der Waals surface area (Å²) >= 11 is 0. The van der Waals surface area contributed by atoms with Crippen molar-refractivity contribution in [1.82, 2.24) is 16.0 Å². The first-order valence-corrected chi connectivity index (χ1v) is 12.9. The zero-order valence-electron chi connectivity index (χ0n) is 18.7. The van der Waals surface area contributed by atoms with Crippen LogP contribution < -0.4 is 20.7 Å². The minimum atomic E-state index is -3.79. The molecule has 2 heterocycles. The first-order valence-electron chi connectivity index (χ1n) is 11.4. The van der Waals surface area contributed by atoms with E-state index in [1.807, 2.05) is 6.92 Å². The molecule has 0 saturated carbocycles. The number of piperidine rings is 1. The molecule has 33 heavy (non-hydrogen) atoms. The highest BCUT2D eigenvalue weighted by Crippen LogP contribution is 2.31. The van der Waals surface area contributed by atoms with Crippen molar-refractivity contribution in [2.75, 3.05) is 19.7 Å². The van der Waals surface area contributed by atoms with Gasteiger partial charge in [-0.3, -0.25) is 4.79 Å². The number of carbonyl (C=O) groups excluding carboxylic acids is 1. The van der Waals surface area contributed by atoms with Crippen molar-refractivity contribution in [2.45, 2.75) is 54.6 Å². The number of carbonyl (C=O) groups is 1. The first-order chi connectivity index (χ1) is 15.9. The summed E-state index contributed by atoms with van der Waals surface area (Å²) in [4.78, 5) is 12.7. The molecule has 2 aliphatic rings. The normalized spacial score (nSPS) is 22.5. The summed E-state index contributed by atoms with van der Waals surface area (Å²) in [5.41, 5.74) is 0.811. The van der Waals surface area contributed by atoms with Crippen LogP contribution in [0, 0.1) is 5.92 Å². The van der Waals surface area contributed by atoms with Gasteiger partial charge in [-0.2, -0.15) is 0 Å². The van der Waals surface area contributed by atoms with E-state index in [1.165, 1.54) is 30.3 Å². The molecule has 178 valence electrons. The van der Waals surface area contributed by atoms with Crippen molar-refractivity contribution >= 4 is 15.7 Å². The Morgan fingerprint density at radius 1 is 1.18 bits per heavy atom. The van der Waals surface area contributed by atoms with Crippen molar-refractivity contribution in [3.8, 4) is 11.5 Å². The lowest BCUT2D eigenvalue weighted by Crippen LogP contribution is -2.45. The van der Waals surface area contributed by atoms with Crippen LogP contribution in [-0.2, 0) is 21.2 Å². The molecule has 2 aromatic carbocycles. The van der Waals surface area contributed by atoms with Gasteiger partial charge in [-0.15, -0.1) is 0 Å². The molecule has 0 spiro atoms. The van der Waals surface area contributed by atoms with Crippen LogP contribution in [0.5, 0.6) is 11.5 Å². The molecule has 2 fully saturated rings. The predicted molar refractivity (Wildman–Crippen MR) is 124 cm³/mol. The lowest BCUT2D eigenvalue weighted by atomic mass is 9.94. The fourth-order valence-corrected chi connectivity index (χ4v) is 5.72. The van der Waals surface area contributed by atoms with Crippen LogP contribution in [0.2, 0.25) is 0 Å². The molecule has 3 atom stereocenters. The van der Waals surface area contributed by atoms with Crippen LogP contribution in [0.3, 0.4) is 0 Å². The maximum Gasteiger partial charge on any atom is 0.237 e. The fraction of sp³-hybridized carbons (Fsp3) is 0.458. The minimum absolute atomic E-state index is 0.00633. The summed E-state index contributed by atoms with van der Waals surface area (Å²) in [5.74, 6) is 0.516. The fourth-order valence-electron chi connectivity index (χ4n) is 4.44. The Morgan fingerprint density at radius 3 is 2.64 bits per heavy atom. The Labute approximate surface area is 194 Å². The molecule has 8 nitrogen and oxygen atoms in total. The maximum absolute atomic E-state index is 13.0. The molecule has 1 amide bonds. The molecule has 0 aliphatic carbocycles. The van der Waals surface area contributed by atoms with E-state index in [0.29, 0.717) is 25.1 Å². The van der Waals surface area contributed by atoms with Crippen LogP contribution in [0.25, 0.3) is 0 Å². The second-order valence-corrected chi connectivity index (χ2v) is 10.6. The number of hydrogen-bond acceptors (Lipinski definition) is 7. The number of ether oxygens (including phenoxy) is 1. The second-order valence-electron chi connectivity index (χ2n) is 8.66. The summed E-state index contributed by atoms with van der Waals surface area (Å²) in [6, 6.07) is 10.7. The largest absolute Gasteiger partial charge is 0.504 e. The number of rotatable bonds is 8. The van der Waals surface area contributed by atoms with Crippen LogP contribution >= 0.6 is 0 Å². The zero-order valence-corrected chi connectivity index (χ0v) is 19.5. The quantitative estimate of drug-likeness (QED) is 0.463. The van der Waals surface area contributed by atoms with Gasteiger partial charge >= 0.3 is 0 Å². The molecule has 2 aromatic rings. The van der Waals surface area contributed by atoms with E-state index < -0.39 is 9.84 Å². The standard InChI is InChI=1S/C24H31N3O5S/c1-2-11-32-23-8-7-19(13-22(23)28)33(30,31)18-5-3-16(4-6-18)14-26-24(29)21-12-17-15-25-10-9-20(17)27-21/h3-8,13,17,20-21,25,27-28H,2,9-12,14-15H2,1H3,(H,26,29). The van der Waals surface area contributed by atoms with E-state index in [1.54, 1.807) is 12.1 Å². The molecule has 0 radical (unpaired) electrons. The third-order valence-electron chi connectivity index (χ3n) is 6.28. The summed E-state index contributed by atoms with van der Waals surface area (Å²) in [7, 11) is -3.79. The highest BCUT2D eigenvalue weighted by molar-refractivity contribution is 7.91. The zero-order chi connectivity index (χ0) is 23.4. The SMILES string of the molecule is CCCOc1ccc(S(=O)(=O)c2ccc(CNC(=O)C3CC4CNCCC4N3)cc2)cc1O. The van der Waals surface area contributed by atoms with Crippen molar-refractivity contribution < 1.29 is 23.1 Å². The molecule has 9 heteroatoms. The lowest BCUT2D eigenvalue weighted by molar-refractivity contribution is -0.123. The van der Waals surface area contributed by atoms with Gasteiger partial charge in [0, 0.05) is 18.7 Å². The summed E-state index contributed by atoms with van der Waals surface area (Å²) < 4.78 is 31.3. The van der Waals surface area contributed by atoms with E-state index in [-0.39, 0.29) is 33.2 Å². The van der Waals surface area contributed by atoms with Crippen molar-refractivity contribution in [2.24, 2.45) is 5.92 Å². The highest BCUT2D eigenvalue weighted by Gasteiger charge is 2.38. The first kappa shape index (κ1) is 23.5. The van der Waals surface area contributed by atoms with Crippen molar-refractivity contribution in [3.63, 3.8) is 0 Å². The second kappa shape index (κ2) is 10.1. The molecule has 4 N–H and O–H groups in total. The summed E-state index contributed by atoms with van der Waals surface area (Å²) in [6.45, 7) is 4.64.